The molecule has 3 nitrogen and oxygen atoms in total. The maximum absolute atomic E-state index is 11.0. The molecule has 0 bridgehead atoms. The Labute approximate surface area is 166 Å². The van der Waals surface area contributed by atoms with Crippen molar-refractivity contribution in [3.63, 3.8) is 0 Å². The van der Waals surface area contributed by atoms with Crippen LogP contribution in [-0.2, 0) is 16.0 Å². The number of benzene rings is 2. The lowest BCUT2D eigenvalue weighted by Gasteiger charge is -2.34. The van der Waals surface area contributed by atoms with E-state index < -0.39 is 0 Å². The van der Waals surface area contributed by atoms with E-state index >= 15 is 0 Å². The van der Waals surface area contributed by atoms with Crippen molar-refractivity contribution in [3.8, 4) is 5.75 Å². The summed E-state index contributed by atoms with van der Waals surface area (Å²) in [5.74, 6) is 0.911. The van der Waals surface area contributed by atoms with Crippen molar-refractivity contribution < 1.29 is 14.3 Å². The monoisotopic (exact) mass is 386 g/mol. The molecule has 0 amide bonds. The van der Waals surface area contributed by atoms with Gasteiger partial charge in [0.15, 0.2) is 0 Å². The molecule has 0 aliphatic carbocycles. The lowest BCUT2D eigenvalue weighted by molar-refractivity contribution is -0.131. The summed E-state index contributed by atoms with van der Waals surface area (Å²) in [6, 6.07) is 13.8. The van der Waals surface area contributed by atoms with Crippen LogP contribution in [0.2, 0.25) is 5.02 Å². The second-order valence-electron chi connectivity index (χ2n) is 7.50. The van der Waals surface area contributed by atoms with Crippen molar-refractivity contribution in [3.05, 3.63) is 64.2 Å². The Bertz CT molecular complexity index is 785. The first-order valence-electron chi connectivity index (χ1n) is 9.65. The molecule has 1 aliphatic heterocycles. The number of hydrogen-bond acceptors (Lipinski definition) is 3. The van der Waals surface area contributed by atoms with Gasteiger partial charge in [-0.25, -0.2) is 0 Å². The Morgan fingerprint density at radius 3 is 2.59 bits per heavy atom. The van der Waals surface area contributed by atoms with Gasteiger partial charge in [0.05, 0.1) is 12.2 Å². The quantitative estimate of drug-likeness (QED) is 0.458. The van der Waals surface area contributed by atoms with Crippen LogP contribution >= 0.6 is 11.6 Å². The molecule has 4 heteroatoms. The predicted octanol–water partition coefficient (Wildman–Crippen LogP) is 6.12. The molecule has 1 aliphatic rings. The summed E-state index contributed by atoms with van der Waals surface area (Å²) in [5, 5.41) is 0.763. The molecule has 27 heavy (non-hydrogen) atoms. The Morgan fingerprint density at radius 2 is 1.93 bits per heavy atom. The first kappa shape index (κ1) is 19.9. The summed E-state index contributed by atoms with van der Waals surface area (Å²) in [5.41, 5.74) is 3.41. The molecular weight excluding hydrogens is 360 g/mol. The predicted molar refractivity (Wildman–Crippen MR) is 108 cm³/mol. The number of ether oxygens (including phenoxy) is 2. The summed E-state index contributed by atoms with van der Waals surface area (Å²) in [4.78, 5) is 11.0. The van der Waals surface area contributed by atoms with Crippen LogP contribution in [-0.4, -0.2) is 12.1 Å². The molecule has 0 saturated carbocycles. The number of rotatable bonds is 5. The second kappa shape index (κ2) is 8.90. The van der Waals surface area contributed by atoms with E-state index in [1.54, 1.807) is 0 Å². The molecule has 2 aromatic carbocycles. The van der Waals surface area contributed by atoms with E-state index in [0.717, 1.165) is 41.8 Å². The van der Waals surface area contributed by atoms with Gasteiger partial charge in [0.1, 0.15) is 5.75 Å². The molecule has 3 rings (SSSR count). The zero-order valence-corrected chi connectivity index (χ0v) is 17.0. The van der Waals surface area contributed by atoms with Crippen molar-refractivity contribution in [2.75, 3.05) is 0 Å². The van der Waals surface area contributed by atoms with Gasteiger partial charge in [-0.1, -0.05) is 49.7 Å². The summed E-state index contributed by atoms with van der Waals surface area (Å²) in [7, 11) is 0. The molecule has 144 valence electrons. The SMILES string of the molecule is CCC1CC(C)CC(c2ccc(Cl)c(Cc3ccc(OC(C)=O)cc3)c2)O1. The van der Waals surface area contributed by atoms with E-state index in [4.69, 9.17) is 21.1 Å². The minimum atomic E-state index is -0.314. The largest absolute Gasteiger partial charge is 0.427 e. The maximum atomic E-state index is 11.0. The third-order valence-corrected chi connectivity index (χ3v) is 5.48. The van der Waals surface area contributed by atoms with Gasteiger partial charge < -0.3 is 9.47 Å². The van der Waals surface area contributed by atoms with Gasteiger partial charge in [-0.15, -0.1) is 0 Å². The molecule has 0 N–H and O–H groups in total. The fraction of sp³-hybridized carbons (Fsp3) is 0.435. The highest BCUT2D eigenvalue weighted by molar-refractivity contribution is 6.31. The third kappa shape index (κ3) is 5.33. The smallest absolute Gasteiger partial charge is 0.308 e. The number of esters is 1. The molecule has 3 unspecified atom stereocenters. The topological polar surface area (TPSA) is 35.5 Å². The standard InChI is InChI=1S/C23H27ClO3/c1-4-20-11-15(2)12-23(27-20)18-7-10-22(24)19(14-18)13-17-5-8-21(9-6-17)26-16(3)25/h5-10,14-15,20,23H,4,11-13H2,1-3H3. The fourth-order valence-corrected chi connectivity index (χ4v) is 3.91. The van der Waals surface area contributed by atoms with Crippen LogP contribution in [0.15, 0.2) is 42.5 Å². The zero-order chi connectivity index (χ0) is 19.4. The minimum Gasteiger partial charge on any atom is -0.427 e. The molecule has 0 spiro atoms. The Kier molecular flexibility index (Phi) is 6.56. The van der Waals surface area contributed by atoms with Crippen molar-refractivity contribution in [1.82, 2.24) is 0 Å². The summed E-state index contributed by atoms with van der Waals surface area (Å²) in [6.45, 7) is 5.89. The van der Waals surface area contributed by atoms with Crippen LogP contribution in [0.5, 0.6) is 5.75 Å². The van der Waals surface area contributed by atoms with Gasteiger partial charge in [0.25, 0.3) is 0 Å². The Balaban J connectivity index is 1.76. The van der Waals surface area contributed by atoms with Gasteiger partial charge in [0, 0.05) is 11.9 Å². The van der Waals surface area contributed by atoms with E-state index in [-0.39, 0.29) is 12.1 Å². The third-order valence-electron chi connectivity index (χ3n) is 5.11. The van der Waals surface area contributed by atoms with Crippen LogP contribution < -0.4 is 4.74 Å². The van der Waals surface area contributed by atoms with E-state index in [0.29, 0.717) is 17.8 Å². The summed E-state index contributed by atoms with van der Waals surface area (Å²) >= 11 is 6.46. The Hall–Kier alpha value is -1.84. The first-order valence-corrected chi connectivity index (χ1v) is 10.0. The van der Waals surface area contributed by atoms with Gasteiger partial charge in [-0.3, -0.25) is 4.79 Å². The lowest BCUT2D eigenvalue weighted by atomic mass is 9.88. The average molecular weight is 387 g/mol. The van der Waals surface area contributed by atoms with E-state index in [1.165, 1.54) is 12.5 Å². The molecule has 0 aromatic heterocycles. The van der Waals surface area contributed by atoms with Crippen LogP contribution in [0, 0.1) is 5.92 Å². The van der Waals surface area contributed by atoms with E-state index in [1.807, 2.05) is 30.3 Å². The first-order chi connectivity index (χ1) is 12.9. The molecule has 1 saturated heterocycles. The molecular formula is C23H27ClO3. The molecule has 1 fully saturated rings. The highest BCUT2D eigenvalue weighted by atomic mass is 35.5. The van der Waals surface area contributed by atoms with Crippen LogP contribution in [0.3, 0.4) is 0 Å². The van der Waals surface area contributed by atoms with Crippen molar-refractivity contribution in [2.45, 2.75) is 58.7 Å². The van der Waals surface area contributed by atoms with Crippen molar-refractivity contribution in [1.29, 1.82) is 0 Å². The normalized spacial score (nSPS) is 22.4. The fourth-order valence-electron chi connectivity index (χ4n) is 3.72. The number of hydrogen-bond donors (Lipinski definition) is 0. The summed E-state index contributed by atoms with van der Waals surface area (Å²) in [6.07, 6.45) is 4.45. The van der Waals surface area contributed by atoms with Gasteiger partial charge in [-0.05, 0) is 66.5 Å². The number of carbonyl (C=O) groups is 1. The van der Waals surface area contributed by atoms with Crippen LogP contribution in [0.25, 0.3) is 0 Å². The van der Waals surface area contributed by atoms with Crippen molar-refractivity contribution in [2.24, 2.45) is 5.92 Å². The van der Waals surface area contributed by atoms with Gasteiger partial charge in [0.2, 0.25) is 0 Å². The van der Waals surface area contributed by atoms with E-state index in [9.17, 15) is 4.79 Å². The minimum absolute atomic E-state index is 0.140. The highest BCUT2D eigenvalue weighted by Gasteiger charge is 2.27. The Morgan fingerprint density at radius 1 is 1.19 bits per heavy atom. The summed E-state index contributed by atoms with van der Waals surface area (Å²) < 4.78 is 11.4. The maximum Gasteiger partial charge on any atom is 0.308 e. The molecule has 2 aromatic rings. The van der Waals surface area contributed by atoms with Gasteiger partial charge in [-0.2, -0.15) is 0 Å². The van der Waals surface area contributed by atoms with Crippen LogP contribution in [0.4, 0.5) is 0 Å². The number of carbonyl (C=O) groups excluding carboxylic acids is 1. The van der Waals surface area contributed by atoms with E-state index in [2.05, 4.69) is 26.0 Å². The number of halogens is 1. The molecule has 1 heterocycles. The highest BCUT2D eigenvalue weighted by Crippen LogP contribution is 2.37. The zero-order valence-electron chi connectivity index (χ0n) is 16.2. The molecule has 3 atom stereocenters. The second-order valence-corrected chi connectivity index (χ2v) is 7.90. The molecule has 0 radical (unpaired) electrons. The average Bonchev–Trinajstić information content (AvgIpc) is 2.64. The van der Waals surface area contributed by atoms with Gasteiger partial charge >= 0.3 is 5.97 Å². The van der Waals surface area contributed by atoms with Crippen LogP contribution in [0.1, 0.15) is 62.8 Å². The van der Waals surface area contributed by atoms with Crippen molar-refractivity contribution >= 4 is 17.6 Å². The lowest BCUT2D eigenvalue weighted by Crippen LogP contribution is -2.26.